The van der Waals surface area contributed by atoms with Crippen LogP contribution < -0.4 is 0 Å². The van der Waals surface area contributed by atoms with Crippen LogP contribution >= 0.6 is 0 Å². The zero-order valence-electron chi connectivity index (χ0n) is 10.1. The molecule has 0 aromatic carbocycles. The maximum Gasteiger partial charge on any atom is 0.308 e. The second-order valence-electron chi connectivity index (χ2n) is 4.37. The molecule has 16 heavy (non-hydrogen) atoms. The van der Waals surface area contributed by atoms with Crippen LogP contribution in [0.15, 0.2) is 0 Å². The molecule has 0 saturated carbocycles. The minimum atomic E-state index is -0.191. The Kier molecular flexibility index (Phi) is 5.77. The van der Waals surface area contributed by atoms with Crippen LogP contribution in [-0.4, -0.2) is 36.5 Å². The van der Waals surface area contributed by atoms with Crippen molar-refractivity contribution in [2.75, 3.05) is 13.2 Å². The summed E-state index contributed by atoms with van der Waals surface area (Å²) in [6.07, 6.45) is 3.06. The van der Waals surface area contributed by atoms with Gasteiger partial charge in [0.15, 0.2) is 0 Å². The van der Waals surface area contributed by atoms with Crippen LogP contribution in [0.4, 0.5) is 0 Å². The van der Waals surface area contributed by atoms with Crippen molar-refractivity contribution in [3.63, 3.8) is 0 Å². The molecule has 1 N–H and O–H groups in total. The molecule has 0 spiro atoms. The van der Waals surface area contributed by atoms with Gasteiger partial charge in [-0.2, -0.15) is 0 Å². The van der Waals surface area contributed by atoms with Gasteiger partial charge in [0.05, 0.1) is 25.2 Å². The van der Waals surface area contributed by atoms with Crippen LogP contribution in [-0.2, 0) is 14.3 Å². The predicted octanol–water partition coefficient (Wildman–Crippen LogP) is 1.51. The smallest absolute Gasteiger partial charge is 0.308 e. The summed E-state index contributed by atoms with van der Waals surface area (Å²) in [6.45, 7) is 4.46. The average Bonchev–Trinajstić information content (AvgIpc) is 2.24. The quantitative estimate of drug-likeness (QED) is 0.727. The van der Waals surface area contributed by atoms with Gasteiger partial charge in [0, 0.05) is 6.61 Å². The molecule has 1 saturated heterocycles. The van der Waals surface area contributed by atoms with Gasteiger partial charge in [-0.25, -0.2) is 0 Å². The van der Waals surface area contributed by atoms with Crippen molar-refractivity contribution in [3.05, 3.63) is 0 Å². The number of carbonyl (C=O) groups excluding carboxylic acids is 1. The van der Waals surface area contributed by atoms with Gasteiger partial charge >= 0.3 is 5.97 Å². The van der Waals surface area contributed by atoms with Gasteiger partial charge in [-0.3, -0.25) is 4.79 Å². The van der Waals surface area contributed by atoms with Crippen LogP contribution in [0.1, 0.15) is 39.5 Å². The first kappa shape index (κ1) is 13.5. The van der Waals surface area contributed by atoms with Crippen molar-refractivity contribution in [3.8, 4) is 0 Å². The summed E-state index contributed by atoms with van der Waals surface area (Å²) in [4.78, 5) is 11.4. The number of aliphatic hydroxyl groups is 1. The third-order valence-electron chi connectivity index (χ3n) is 3.07. The molecule has 0 bridgehead atoms. The maximum absolute atomic E-state index is 11.4. The van der Waals surface area contributed by atoms with Crippen molar-refractivity contribution in [2.45, 2.75) is 51.7 Å². The highest BCUT2D eigenvalue weighted by atomic mass is 16.5. The monoisotopic (exact) mass is 230 g/mol. The Morgan fingerprint density at radius 1 is 1.50 bits per heavy atom. The molecule has 0 aromatic rings. The molecule has 4 heteroatoms. The summed E-state index contributed by atoms with van der Waals surface area (Å²) in [5.41, 5.74) is 0. The Balaban J connectivity index is 2.40. The molecule has 0 unspecified atom stereocenters. The third kappa shape index (κ3) is 4.10. The van der Waals surface area contributed by atoms with Crippen LogP contribution in [0.25, 0.3) is 0 Å². The van der Waals surface area contributed by atoms with Crippen molar-refractivity contribution in [1.82, 2.24) is 0 Å². The minimum absolute atomic E-state index is 0.0515. The summed E-state index contributed by atoms with van der Waals surface area (Å²) in [5.74, 6) is 0.198. The molecule has 0 aromatic heterocycles. The highest BCUT2D eigenvalue weighted by molar-refractivity contribution is 5.70. The van der Waals surface area contributed by atoms with Gasteiger partial charge in [-0.05, 0) is 32.1 Å². The Bertz CT molecular complexity index is 217. The lowest BCUT2D eigenvalue weighted by atomic mass is 9.90. The van der Waals surface area contributed by atoms with Gasteiger partial charge in [0.1, 0.15) is 0 Å². The van der Waals surface area contributed by atoms with E-state index in [2.05, 4.69) is 6.92 Å². The molecule has 1 rings (SSSR count). The molecule has 0 amide bonds. The fourth-order valence-electron chi connectivity index (χ4n) is 2.07. The Morgan fingerprint density at radius 3 is 2.88 bits per heavy atom. The lowest BCUT2D eigenvalue weighted by molar-refractivity contribution is -0.152. The molecule has 1 aliphatic rings. The number of hydrogen-bond donors (Lipinski definition) is 1. The number of esters is 1. The summed E-state index contributed by atoms with van der Waals surface area (Å²) in [7, 11) is 0. The predicted molar refractivity (Wildman–Crippen MR) is 60.0 cm³/mol. The zero-order chi connectivity index (χ0) is 12.0. The number of ether oxygens (including phenoxy) is 2. The van der Waals surface area contributed by atoms with E-state index in [1.54, 1.807) is 6.92 Å². The fourth-order valence-corrected chi connectivity index (χ4v) is 2.07. The lowest BCUT2D eigenvalue weighted by Gasteiger charge is -2.34. The van der Waals surface area contributed by atoms with E-state index < -0.39 is 0 Å². The molecule has 1 fully saturated rings. The number of hydrogen-bond acceptors (Lipinski definition) is 4. The lowest BCUT2D eigenvalue weighted by Crippen LogP contribution is -2.36. The fraction of sp³-hybridized carbons (Fsp3) is 0.917. The van der Waals surface area contributed by atoms with Crippen LogP contribution in [0, 0.1) is 5.92 Å². The number of rotatable bonds is 5. The maximum atomic E-state index is 11.4. The van der Waals surface area contributed by atoms with Crippen LogP contribution in [0.5, 0.6) is 0 Å². The van der Waals surface area contributed by atoms with Crippen molar-refractivity contribution < 1.29 is 19.4 Å². The highest BCUT2D eigenvalue weighted by Gasteiger charge is 2.30. The van der Waals surface area contributed by atoms with Gasteiger partial charge in [-0.1, -0.05) is 6.92 Å². The molecule has 0 radical (unpaired) electrons. The van der Waals surface area contributed by atoms with Crippen molar-refractivity contribution >= 4 is 5.97 Å². The SMILES string of the molecule is CCOC(=O)C[C@@H]1O[C@@H](CCO)CC[C@@H]1C. The van der Waals surface area contributed by atoms with E-state index >= 15 is 0 Å². The largest absolute Gasteiger partial charge is 0.466 e. The van der Waals surface area contributed by atoms with Crippen molar-refractivity contribution in [2.24, 2.45) is 5.92 Å². The van der Waals surface area contributed by atoms with Gasteiger partial charge in [0.25, 0.3) is 0 Å². The van der Waals surface area contributed by atoms with E-state index in [1.807, 2.05) is 0 Å². The third-order valence-corrected chi connectivity index (χ3v) is 3.07. The normalized spacial score (nSPS) is 30.1. The number of aliphatic hydroxyl groups excluding tert-OH is 1. The molecule has 0 aliphatic carbocycles. The Labute approximate surface area is 96.9 Å². The average molecular weight is 230 g/mol. The van der Waals surface area contributed by atoms with E-state index in [0.717, 1.165) is 12.8 Å². The van der Waals surface area contributed by atoms with Gasteiger partial charge in [0.2, 0.25) is 0 Å². The topological polar surface area (TPSA) is 55.8 Å². The first-order valence-corrected chi connectivity index (χ1v) is 6.09. The molecule has 1 heterocycles. The highest BCUT2D eigenvalue weighted by Crippen LogP contribution is 2.28. The van der Waals surface area contributed by atoms with E-state index in [4.69, 9.17) is 14.6 Å². The molecule has 94 valence electrons. The minimum Gasteiger partial charge on any atom is -0.466 e. The van der Waals surface area contributed by atoms with Crippen LogP contribution in [0.3, 0.4) is 0 Å². The van der Waals surface area contributed by atoms with E-state index in [9.17, 15) is 4.79 Å². The molecular weight excluding hydrogens is 208 g/mol. The molecule has 1 aliphatic heterocycles. The second-order valence-corrected chi connectivity index (χ2v) is 4.37. The zero-order valence-corrected chi connectivity index (χ0v) is 10.1. The van der Waals surface area contributed by atoms with Gasteiger partial charge in [-0.15, -0.1) is 0 Å². The van der Waals surface area contributed by atoms with Crippen molar-refractivity contribution in [1.29, 1.82) is 0 Å². The second kappa shape index (κ2) is 6.86. The standard InChI is InChI=1S/C12H22O4/c1-3-15-12(14)8-11-9(2)4-5-10(16-11)6-7-13/h9-11,13H,3-8H2,1-2H3/t9-,10+,11-/m0/s1. The molecule has 3 atom stereocenters. The summed E-state index contributed by atoms with van der Waals surface area (Å²) < 4.78 is 10.7. The Morgan fingerprint density at radius 2 is 2.25 bits per heavy atom. The first-order valence-electron chi connectivity index (χ1n) is 6.09. The summed E-state index contributed by atoms with van der Waals surface area (Å²) in [5, 5.41) is 8.87. The Hall–Kier alpha value is -0.610. The molecule has 4 nitrogen and oxygen atoms in total. The van der Waals surface area contributed by atoms with E-state index in [-0.39, 0.29) is 24.8 Å². The van der Waals surface area contributed by atoms with E-state index in [0.29, 0.717) is 25.4 Å². The van der Waals surface area contributed by atoms with E-state index in [1.165, 1.54) is 0 Å². The van der Waals surface area contributed by atoms with Crippen LogP contribution in [0.2, 0.25) is 0 Å². The summed E-state index contributed by atoms with van der Waals surface area (Å²) in [6, 6.07) is 0. The first-order chi connectivity index (χ1) is 7.67. The van der Waals surface area contributed by atoms with Gasteiger partial charge < -0.3 is 14.6 Å². The summed E-state index contributed by atoms with van der Waals surface area (Å²) >= 11 is 0. The number of carbonyl (C=O) groups is 1. The molecular formula is C12H22O4.